The SMILES string of the molecule is CCOCCCn1c(N/N=C(/CC)c2ccccc2)nc2ccccc2c1=O. The van der Waals surface area contributed by atoms with Crippen molar-refractivity contribution >= 4 is 22.6 Å². The zero-order valence-electron chi connectivity index (χ0n) is 16.4. The molecular weight excluding hydrogens is 352 g/mol. The van der Waals surface area contributed by atoms with E-state index in [1.54, 1.807) is 10.6 Å². The number of hydrogen-bond acceptors (Lipinski definition) is 5. The summed E-state index contributed by atoms with van der Waals surface area (Å²) in [7, 11) is 0. The maximum absolute atomic E-state index is 13.0. The number of rotatable bonds is 9. The molecule has 0 fully saturated rings. The first kappa shape index (κ1) is 19.8. The summed E-state index contributed by atoms with van der Waals surface area (Å²) in [6, 6.07) is 17.4. The maximum Gasteiger partial charge on any atom is 0.262 e. The fourth-order valence-electron chi connectivity index (χ4n) is 3.03. The summed E-state index contributed by atoms with van der Waals surface area (Å²) in [5, 5.41) is 5.15. The molecule has 0 radical (unpaired) electrons. The lowest BCUT2D eigenvalue weighted by Gasteiger charge is -2.13. The van der Waals surface area contributed by atoms with Gasteiger partial charge in [-0.3, -0.25) is 9.36 Å². The Hall–Kier alpha value is -2.99. The van der Waals surface area contributed by atoms with Crippen molar-refractivity contribution in [1.29, 1.82) is 0 Å². The Balaban J connectivity index is 1.95. The van der Waals surface area contributed by atoms with Crippen LogP contribution in [0, 0.1) is 0 Å². The average molecular weight is 378 g/mol. The van der Waals surface area contributed by atoms with E-state index in [-0.39, 0.29) is 5.56 Å². The van der Waals surface area contributed by atoms with E-state index < -0.39 is 0 Å². The second kappa shape index (κ2) is 9.80. The molecule has 3 aromatic rings. The van der Waals surface area contributed by atoms with Gasteiger partial charge in [-0.1, -0.05) is 49.4 Å². The van der Waals surface area contributed by atoms with Gasteiger partial charge in [-0.05, 0) is 37.5 Å². The summed E-state index contributed by atoms with van der Waals surface area (Å²) >= 11 is 0. The molecule has 0 aliphatic carbocycles. The van der Waals surface area contributed by atoms with Crippen molar-refractivity contribution < 1.29 is 4.74 Å². The van der Waals surface area contributed by atoms with Gasteiger partial charge in [-0.25, -0.2) is 10.4 Å². The van der Waals surface area contributed by atoms with Crippen LogP contribution >= 0.6 is 0 Å². The van der Waals surface area contributed by atoms with Crippen LogP contribution in [0.5, 0.6) is 0 Å². The van der Waals surface area contributed by atoms with Crippen molar-refractivity contribution in [3.8, 4) is 0 Å². The molecule has 0 atom stereocenters. The van der Waals surface area contributed by atoms with Crippen LogP contribution in [0.3, 0.4) is 0 Å². The van der Waals surface area contributed by atoms with Gasteiger partial charge in [0.15, 0.2) is 0 Å². The van der Waals surface area contributed by atoms with Crippen molar-refractivity contribution in [1.82, 2.24) is 9.55 Å². The summed E-state index contributed by atoms with van der Waals surface area (Å²) in [5.74, 6) is 0.446. The molecule has 0 unspecified atom stereocenters. The fourth-order valence-corrected chi connectivity index (χ4v) is 3.03. The van der Waals surface area contributed by atoms with Crippen molar-refractivity contribution in [2.45, 2.75) is 33.2 Å². The minimum atomic E-state index is -0.0717. The van der Waals surface area contributed by atoms with E-state index in [1.807, 2.05) is 55.5 Å². The monoisotopic (exact) mass is 378 g/mol. The normalized spacial score (nSPS) is 11.7. The van der Waals surface area contributed by atoms with Crippen LogP contribution in [0.25, 0.3) is 10.9 Å². The molecule has 1 N–H and O–H groups in total. The van der Waals surface area contributed by atoms with Crippen LogP contribution in [0.2, 0.25) is 0 Å². The van der Waals surface area contributed by atoms with Crippen LogP contribution in [-0.4, -0.2) is 28.5 Å². The van der Waals surface area contributed by atoms with Crippen LogP contribution in [-0.2, 0) is 11.3 Å². The van der Waals surface area contributed by atoms with Crippen LogP contribution < -0.4 is 11.0 Å². The number of nitrogens with one attached hydrogen (secondary N) is 1. The highest BCUT2D eigenvalue weighted by Gasteiger charge is 2.11. The molecule has 0 aliphatic rings. The van der Waals surface area contributed by atoms with Gasteiger partial charge in [0.1, 0.15) is 0 Å². The molecule has 28 heavy (non-hydrogen) atoms. The van der Waals surface area contributed by atoms with Crippen LogP contribution in [0.1, 0.15) is 32.3 Å². The number of para-hydroxylation sites is 1. The second-order valence-electron chi connectivity index (χ2n) is 6.35. The predicted octanol–water partition coefficient (Wildman–Crippen LogP) is 4.05. The maximum atomic E-state index is 13.0. The number of hydrogen-bond donors (Lipinski definition) is 1. The largest absolute Gasteiger partial charge is 0.382 e. The Bertz CT molecular complexity index is 996. The standard InChI is InChI=1S/C22H26N4O2/c1-3-19(17-11-6-5-7-12-17)24-25-22-23-20-14-9-8-13-18(20)21(27)26(22)15-10-16-28-4-2/h5-9,11-14H,3-4,10,15-16H2,1-2H3,(H,23,25)/b24-19-. The number of ether oxygens (including phenoxy) is 1. The summed E-state index contributed by atoms with van der Waals surface area (Å²) in [6.07, 6.45) is 1.49. The molecule has 0 saturated heterocycles. The van der Waals surface area contributed by atoms with Gasteiger partial charge in [0.25, 0.3) is 5.56 Å². The molecule has 0 amide bonds. The lowest BCUT2D eigenvalue weighted by Crippen LogP contribution is -2.25. The van der Waals surface area contributed by atoms with Gasteiger partial charge in [0, 0.05) is 19.8 Å². The average Bonchev–Trinajstić information content (AvgIpc) is 2.74. The molecule has 1 aromatic heterocycles. The molecule has 1 heterocycles. The second-order valence-corrected chi connectivity index (χ2v) is 6.35. The topological polar surface area (TPSA) is 68.5 Å². The Morgan fingerprint density at radius 3 is 2.61 bits per heavy atom. The molecule has 6 nitrogen and oxygen atoms in total. The highest BCUT2D eigenvalue weighted by atomic mass is 16.5. The van der Waals surface area contributed by atoms with E-state index in [9.17, 15) is 4.79 Å². The number of aromatic nitrogens is 2. The van der Waals surface area contributed by atoms with Crippen molar-refractivity contribution in [2.24, 2.45) is 5.10 Å². The highest BCUT2D eigenvalue weighted by Crippen LogP contribution is 2.13. The fraction of sp³-hybridized carbons (Fsp3) is 0.318. The molecule has 0 spiro atoms. The Morgan fingerprint density at radius 1 is 1.11 bits per heavy atom. The van der Waals surface area contributed by atoms with Gasteiger partial charge >= 0.3 is 0 Å². The van der Waals surface area contributed by atoms with Gasteiger partial charge in [-0.2, -0.15) is 5.10 Å². The van der Waals surface area contributed by atoms with E-state index in [2.05, 4.69) is 22.4 Å². The highest BCUT2D eigenvalue weighted by molar-refractivity contribution is 6.00. The quantitative estimate of drug-likeness (QED) is 0.346. The zero-order valence-corrected chi connectivity index (χ0v) is 16.4. The first-order valence-electron chi connectivity index (χ1n) is 9.70. The number of nitrogens with zero attached hydrogens (tertiary/aromatic N) is 3. The molecular formula is C22H26N4O2. The Morgan fingerprint density at radius 2 is 1.86 bits per heavy atom. The van der Waals surface area contributed by atoms with E-state index in [1.165, 1.54) is 0 Å². The molecule has 6 heteroatoms. The molecule has 3 rings (SSSR count). The van der Waals surface area contributed by atoms with Crippen molar-refractivity contribution in [3.63, 3.8) is 0 Å². The minimum absolute atomic E-state index is 0.0717. The number of anilines is 1. The summed E-state index contributed by atoms with van der Waals surface area (Å²) in [6.45, 7) is 5.79. The molecule has 2 aromatic carbocycles. The molecule has 146 valence electrons. The lowest BCUT2D eigenvalue weighted by atomic mass is 10.1. The third-order valence-electron chi connectivity index (χ3n) is 4.47. The number of hydrazone groups is 1. The minimum Gasteiger partial charge on any atom is -0.382 e. The first-order chi connectivity index (χ1) is 13.7. The van der Waals surface area contributed by atoms with E-state index in [4.69, 9.17) is 4.74 Å². The third kappa shape index (κ3) is 4.64. The van der Waals surface area contributed by atoms with Gasteiger partial charge < -0.3 is 4.74 Å². The first-order valence-corrected chi connectivity index (χ1v) is 9.70. The molecule has 0 saturated carbocycles. The third-order valence-corrected chi connectivity index (χ3v) is 4.47. The summed E-state index contributed by atoms with van der Waals surface area (Å²) in [5.41, 5.74) is 5.57. The summed E-state index contributed by atoms with van der Waals surface area (Å²) in [4.78, 5) is 17.6. The zero-order chi connectivity index (χ0) is 19.8. The van der Waals surface area contributed by atoms with E-state index >= 15 is 0 Å². The number of fused-ring (bicyclic) bond motifs is 1. The lowest BCUT2D eigenvalue weighted by molar-refractivity contribution is 0.141. The number of benzene rings is 2. The predicted molar refractivity (Wildman–Crippen MR) is 114 cm³/mol. The van der Waals surface area contributed by atoms with Gasteiger partial charge in [-0.15, -0.1) is 0 Å². The van der Waals surface area contributed by atoms with E-state index in [0.29, 0.717) is 36.6 Å². The van der Waals surface area contributed by atoms with Crippen LogP contribution in [0.15, 0.2) is 64.5 Å². The Kier molecular flexibility index (Phi) is 6.92. The molecule has 0 bridgehead atoms. The van der Waals surface area contributed by atoms with Crippen molar-refractivity contribution in [3.05, 3.63) is 70.5 Å². The summed E-state index contributed by atoms with van der Waals surface area (Å²) < 4.78 is 7.05. The van der Waals surface area contributed by atoms with Crippen LogP contribution in [0.4, 0.5) is 5.95 Å². The molecule has 0 aliphatic heterocycles. The van der Waals surface area contributed by atoms with E-state index in [0.717, 1.165) is 24.1 Å². The van der Waals surface area contributed by atoms with Gasteiger partial charge in [0.05, 0.1) is 16.6 Å². The van der Waals surface area contributed by atoms with Gasteiger partial charge in [0.2, 0.25) is 5.95 Å². The van der Waals surface area contributed by atoms with Crippen molar-refractivity contribution in [2.75, 3.05) is 18.6 Å². The Labute approximate surface area is 164 Å². The smallest absolute Gasteiger partial charge is 0.262 e.